The number of amides is 3. The van der Waals surface area contributed by atoms with Crippen LogP contribution in [-0.4, -0.2) is 45.3 Å². The summed E-state index contributed by atoms with van der Waals surface area (Å²) in [7, 11) is 0. The summed E-state index contributed by atoms with van der Waals surface area (Å²) in [6, 6.07) is 19.1. The van der Waals surface area contributed by atoms with Gasteiger partial charge in [-0.1, -0.05) is 30.3 Å². The van der Waals surface area contributed by atoms with E-state index in [0.29, 0.717) is 23.1 Å². The third-order valence-electron chi connectivity index (χ3n) is 6.20. The normalized spacial score (nSPS) is 13.2. The Morgan fingerprint density at radius 3 is 2.34 bits per heavy atom. The van der Waals surface area contributed by atoms with Crippen molar-refractivity contribution in [1.29, 1.82) is 0 Å². The zero-order valence-electron chi connectivity index (χ0n) is 20.0. The van der Waals surface area contributed by atoms with Crippen molar-refractivity contribution in [2.45, 2.75) is 12.5 Å². The van der Waals surface area contributed by atoms with Gasteiger partial charge in [-0.2, -0.15) is 0 Å². The molecule has 0 fully saturated rings. The Morgan fingerprint density at radius 2 is 1.63 bits per heavy atom. The van der Waals surface area contributed by atoms with E-state index < -0.39 is 23.8 Å². The highest BCUT2D eigenvalue weighted by molar-refractivity contribution is 7.80. The number of benzene rings is 3. The van der Waals surface area contributed by atoms with E-state index in [0.717, 1.165) is 21.2 Å². The zero-order chi connectivity index (χ0) is 26.6. The van der Waals surface area contributed by atoms with E-state index in [9.17, 15) is 18.8 Å². The maximum absolute atomic E-state index is 13.4. The first kappa shape index (κ1) is 25.0. The highest BCUT2D eigenvalue weighted by Gasteiger charge is 2.36. The van der Waals surface area contributed by atoms with Crippen molar-refractivity contribution in [1.82, 2.24) is 26.1 Å². The van der Waals surface area contributed by atoms with Gasteiger partial charge in [0.2, 0.25) is 0 Å². The summed E-state index contributed by atoms with van der Waals surface area (Å²) < 4.78 is 13.4. The number of nitrogens with one attached hydrogen (secondary N) is 3. The molecule has 10 heteroatoms. The van der Waals surface area contributed by atoms with E-state index in [1.165, 1.54) is 12.1 Å². The van der Waals surface area contributed by atoms with Gasteiger partial charge in [0.25, 0.3) is 17.7 Å². The topological polar surface area (TPSA) is 103 Å². The number of carbonyl (C=O) groups excluding carboxylic acids is 3. The maximum atomic E-state index is 13.4. The van der Waals surface area contributed by atoms with Crippen LogP contribution in [-0.2, 0) is 6.42 Å². The first-order chi connectivity index (χ1) is 18.4. The molecule has 0 unspecified atom stereocenters. The highest BCUT2D eigenvalue weighted by atomic mass is 32.1. The van der Waals surface area contributed by atoms with Crippen molar-refractivity contribution in [2.75, 3.05) is 6.54 Å². The van der Waals surface area contributed by atoms with Crippen molar-refractivity contribution in [2.24, 2.45) is 0 Å². The van der Waals surface area contributed by atoms with Gasteiger partial charge in [-0.25, -0.2) is 4.39 Å². The summed E-state index contributed by atoms with van der Waals surface area (Å²) in [5.41, 5.74) is 7.13. The van der Waals surface area contributed by atoms with Crippen LogP contribution in [0.2, 0.25) is 0 Å². The van der Waals surface area contributed by atoms with Crippen LogP contribution in [0.5, 0.6) is 0 Å². The van der Waals surface area contributed by atoms with Crippen LogP contribution in [0.3, 0.4) is 0 Å². The minimum Gasteiger partial charge on any atom is -0.356 e. The number of fused-ring (bicyclic) bond motifs is 2. The molecule has 1 atom stereocenters. The molecule has 3 N–H and O–H groups in total. The molecular formula is C28H22FN5O3S. The summed E-state index contributed by atoms with van der Waals surface area (Å²) in [5.74, 6) is -1.56. The highest BCUT2D eigenvalue weighted by Crippen LogP contribution is 2.23. The fraction of sp³-hybridized carbons (Fsp3) is 0.107. The lowest BCUT2D eigenvalue weighted by atomic mass is 10.1. The van der Waals surface area contributed by atoms with E-state index in [4.69, 9.17) is 12.2 Å². The summed E-state index contributed by atoms with van der Waals surface area (Å²) in [6.07, 6.45) is 3.70. The van der Waals surface area contributed by atoms with E-state index in [2.05, 4.69) is 21.2 Å². The van der Waals surface area contributed by atoms with Crippen molar-refractivity contribution in [3.05, 3.63) is 113 Å². The molecule has 3 aromatic carbocycles. The second-order valence-electron chi connectivity index (χ2n) is 8.78. The van der Waals surface area contributed by atoms with Gasteiger partial charge in [-0.05, 0) is 72.1 Å². The molecule has 190 valence electrons. The number of hydrogen-bond acceptors (Lipinski definition) is 5. The van der Waals surface area contributed by atoms with Crippen LogP contribution in [0.4, 0.5) is 4.39 Å². The quantitative estimate of drug-likeness (QED) is 0.201. The van der Waals surface area contributed by atoms with Crippen molar-refractivity contribution in [3.63, 3.8) is 0 Å². The van der Waals surface area contributed by atoms with E-state index >= 15 is 0 Å². The fourth-order valence-electron chi connectivity index (χ4n) is 4.32. The lowest BCUT2D eigenvalue weighted by Gasteiger charge is -2.25. The van der Waals surface area contributed by atoms with Crippen molar-refractivity contribution < 1.29 is 18.8 Å². The second kappa shape index (κ2) is 10.7. The molecule has 4 aromatic rings. The number of thiocarbonyl (C=S) groups is 1. The Kier molecular flexibility index (Phi) is 7.05. The molecule has 0 saturated heterocycles. The van der Waals surface area contributed by atoms with Gasteiger partial charge < -0.3 is 5.32 Å². The standard InChI is InChI=1S/C28H22FN5O3S/c29-21-9-5-17(6-10-21)13-22(16-34-26(36)23-3-1-2-4-24(23)27(34)37)31-28(38)33-32-25(35)19-7-8-20-15-30-12-11-18(20)14-19/h1-12,14-15,22H,13,16H2,(H,32,35)(H2,31,33,38)/t22-/m0/s1. The predicted octanol–water partition coefficient (Wildman–Crippen LogP) is 3.39. The van der Waals surface area contributed by atoms with Crippen LogP contribution in [0.15, 0.2) is 85.2 Å². The molecule has 38 heavy (non-hydrogen) atoms. The molecule has 2 heterocycles. The Morgan fingerprint density at radius 1 is 0.921 bits per heavy atom. The molecule has 5 rings (SSSR count). The molecule has 0 spiro atoms. The van der Waals surface area contributed by atoms with Crippen LogP contribution in [0.1, 0.15) is 36.6 Å². The summed E-state index contributed by atoms with van der Waals surface area (Å²) >= 11 is 5.39. The van der Waals surface area contributed by atoms with E-state index in [1.54, 1.807) is 67.0 Å². The average Bonchev–Trinajstić information content (AvgIpc) is 3.17. The maximum Gasteiger partial charge on any atom is 0.269 e. The van der Waals surface area contributed by atoms with Crippen molar-refractivity contribution in [3.8, 4) is 0 Å². The van der Waals surface area contributed by atoms with Gasteiger partial charge in [0.15, 0.2) is 5.11 Å². The third-order valence-corrected chi connectivity index (χ3v) is 6.42. The van der Waals surface area contributed by atoms with Crippen LogP contribution in [0, 0.1) is 5.82 Å². The minimum atomic E-state index is -0.521. The summed E-state index contributed by atoms with van der Waals surface area (Å²) in [5, 5.41) is 4.94. The van der Waals surface area contributed by atoms with Crippen LogP contribution >= 0.6 is 12.2 Å². The van der Waals surface area contributed by atoms with Crippen LogP contribution < -0.4 is 16.2 Å². The average molecular weight is 528 g/mol. The molecule has 0 bridgehead atoms. The Bertz CT molecular complexity index is 1520. The number of rotatable bonds is 6. The SMILES string of the molecule is O=C(NNC(=S)N[C@@H](Cc1ccc(F)cc1)CN1C(=O)c2ccccc2C1=O)c1ccc2cnccc2c1. The number of halogens is 1. The molecule has 3 amide bonds. The molecule has 0 saturated carbocycles. The Hall–Kier alpha value is -4.70. The molecule has 1 aliphatic rings. The lowest BCUT2D eigenvalue weighted by Crippen LogP contribution is -2.53. The summed E-state index contributed by atoms with van der Waals surface area (Å²) in [4.78, 5) is 43.7. The van der Waals surface area contributed by atoms with E-state index in [-0.39, 0.29) is 17.5 Å². The largest absolute Gasteiger partial charge is 0.356 e. The van der Waals surface area contributed by atoms with E-state index in [1.807, 2.05) is 6.07 Å². The Labute approximate surface area is 222 Å². The number of hydrazine groups is 1. The smallest absolute Gasteiger partial charge is 0.269 e. The lowest BCUT2D eigenvalue weighted by molar-refractivity contribution is 0.0641. The molecule has 1 aromatic heterocycles. The van der Waals surface area contributed by atoms with Gasteiger partial charge in [0.1, 0.15) is 5.82 Å². The molecule has 0 aliphatic carbocycles. The molecule has 0 radical (unpaired) electrons. The number of hydrogen-bond donors (Lipinski definition) is 3. The number of aromatic nitrogens is 1. The minimum absolute atomic E-state index is 0.0121. The molecule has 8 nitrogen and oxygen atoms in total. The zero-order valence-corrected chi connectivity index (χ0v) is 20.8. The Balaban J connectivity index is 1.27. The monoisotopic (exact) mass is 527 g/mol. The van der Waals surface area contributed by atoms with Gasteiger partial charge in [-0.15, -0.1) is 0 Å². The van der Waals surface area contributed by atoms with Gasteiger partial charge >= 0.3 is 0 Å². The number of imide groups is 1. The predicted molar refractivity (Wildman–Crippen MR) is 144 cm³/mol. The van der Waals surface area contributed by atoms with Crippen molar-refractivity contribution >= 4 is 45.8 Å². The summed E-state index contributed by atoms with van der Waals surface area (Å²) in [6.45, 7) is 0.0121. The molecular weight excluding hydrogens is 505 g/mol. The first-order valence-corrected chi connectivity index (χ1v) is 12.2. The number of pyridine rings is 1. The number of nitrogens with zero attached hydrogens (tertiary/aromatic N) is 2. The second-order valence-corrected chi connectivity index (χ2v) is 9.19. The molecule has 1 aliphatic heterocycles. The van der Waals surface area contributed by atoms with Gasteiger partial charge in [0, 0.05) is 29.9 Å². The third kappa shape index (κ3) is 5.35. The number of carbonyl (C=O) groups is 3. The van der Waals surface area contributed by atoms with Gasteiger partial charge in [0.05, 0.1) is 17.2 Å². The van der Waals surface area contributed by atoms with Crippen LogP contribution in [0.25, 0.3) is 10.8 Å². The van der Waals surface area contributed by atoms with Gasteiger partial charge in [-0.3, -0.25) is 35.1 Å². The fourth-order valence-corrected chi connectivity index (χ4v) is 4.54. The first-order valence-electron chi connectivity index (χ1n) is 11.8.